The highest BCUT2D eigenvalue weighted by Gasteiger charge is 2.03. The van der Waals surface area contributed by atoms with Crippen LogP contribution >= 0.6 is 0 Å². The Hall–Kier alpha value is -1.31. The van der Waals surface area contributed by atoms with Crippen molar-refractivity contribution < 1.29 is 9.53 Å². The van der Waals surface area contributed by atoms with Gasteiger partial charge in [0.15, 0.2) is 0 Å². The van der Waals surface area contributed by atoms with Crippen LogP contribution < -0.4 is 0 Å². The smallest absolute Gasteiger partial charge is 0.306 e. The normalized spacial score (nSPS) is 10.6. The van der Waals surface area contributed by atoms with Crippen molar-refractivity contribution in [3.63, 3.8) is 0 Å². The molecule has 0 aromatic heterocycles. The molecule has 1 aromatic carbocycles. The number of esters is 1. The number of benzene rings is 1. The SMILES string of the molecule is CCCCCCCCCCCCC(=O)OCc1ccccc1. The lowest BCUT2D eigenvalue weighted by Crippen LogP contribution is -2.04. The van der Waals surface area contributed by atoms with Crippen molar-refractivity contribution in [2.24, 2.45) is 0 Å². The van der Waals surface area contributed by atoms with Gasteiger partial charge in [0.2, 0.25) is 0 Å². The first kappa shape index (κ1) is 18.7. The Balaban J connectivity index is 1.87. The predicted octanol–water partition coefficient (Wildman–Crippen LogP) is 6.04. The molecule has 2 nitrogen and oxygen atoms in total. The monoisotopic (exact) mass is 304 g/mol. The third-order valence-electron chi connectivity index (χ3n) is 3.98. The first-order valence-electron chi connectivity index (χ1n) is 9.02. The van der Waals surface area contributed by atoms with Crippen LogP contribution in [0.1, 0.15) is 83.1 Å². The standard InChI is InChI=1S/C20H32O2/c1-2-3-4-5-6-7-8-9-10-14-17-20(21)22-18-19-15-12-11-13-16-19/h11-13,15-16H,2-10,14,17-18H2,1H3. The summed E-state index contributed by atoms with van der Waals surface area (Å²) in [4.78, 5) is 11.6. The molecule has 0 saturated heterocycles. The summed E-state index contributed by atoms with van der Waals surface area (Å²) >= 11 is 0. The zero-order valence-corrected chi connectivity index (χ0v) is 14.2. The van der Waals surface area contributed by atoms with E-state index < -0.39 is 0 Å². The molecule has 1 aromatic rings. The molecule has 0 bridgehead atoms. The van der Waals surface area contributed by atoms with Gasteiger partial charge in [-0.25, -0.2) is 0 Å². The van der Waals surface area contributed by atoms with Crippen LogP contribution in [0.25, 0.3) is 0 Å². The van der Waals surface area contributed by atoms with E-state index in [1.54, 1.807) is 0 Å². The van der Waals surface area contributed by atoms with Crippen molar-refractivity contribution in [2.45, 2.75) is 84.2 Å². The average molecular weight is 304 g/mol. The molecule has 2 heteroatoms. The minimum absolute atomic E-state index is 0.0663. The van der Waals surface area contributed by atoms with Crippen LogP contribution in [0.15, 0.2) is 30.3 Å². The van der Waals surface area contributed by atoms with Gasteiger partial charge in [-0.2, -0.15) is 0 Å². The highest BCUT2D eigenvalue weighted by molar-refractivity contribution is 5.69. The van der Waals surface area contributed by atoms with Crippen LogP contribution in [0, 0.1) is 0 Å². The van der Waals surface area contributed by atoms with E-state index in [2.05, 4.69) is 6.92 Å². The number of hydrogen-bond donors (Lipinski definition) is 0. The Bertz CT molecular complexity index is 373. The molecule has 0 unspecified atom stereocenters. The zero-order chi connectivity index (χ0) is 15.9. The van der Waals surface area contributed by atoms with E-state index in [1.165, 1.54) is 51.4 Å². The molecule has 0 atom stereocenters. The van der Waals surface area contributed by atoms with Crippen molar-refractivity contribution >= 4 is 5.97 Å². The lowest BCUT2D eigenvalue weighted by Gasteiger charge is -2.05. The largest absolute Gasteiger partial charge is 0.461 e. The van der Waals surface area contributed by atoms with Gasteiger partial charge >= 0.3 is 5.97 Å². The van der Waals surface area contributed by atoms with Gasteiger partial charge in [0.05, 0.1) is 0 Å². The topological polar surface area (TPSA) is 26.3 Å². The van der Waals surface area contributed by atoms with E-state index in [1.807, 2.05) is 30.3 Å². The van der Waals surface area contributed by atoms with Crippen molar-refractivity contribution in [3.8, 4) is 0 Å². The molecule has 0 spiro atoms. The number of rotatable bonds is 13. The molecule has 0 heterocycles. The number of unbranched alkanes of at least 4 members (excludes halogenated alkanes) is 9. The number of ether oxygens (including phenoxy) is 1. The minimum atomic E-state index is -0.0663. The average Bonchev–Trinajstić information content (AvgIpc) is 2.55. The second-order valence-electron chi connectivity index (χ2n) is 6.08. The Kier molecular flexibility index (Phi) is 11.4. The summed E-state index contributed by atoms with van der Waals surface area (Å²) in [5, 5.41) is 0. The Morgan fingerprint density at radius 2 is 1.36 bits per heavy atom. The zero-order valence-electron chi connectivity index (χ0n) is 14.2. The van der Waals surface area contributed by atoms with E-state index in [0.717, 1.165) is 18.4 Å². The van der Waals surface area contributed by atoms with Crippen LogP contribution in [-0.4, -0.2) is 5.97 Å². The third-order valence-corrected chi connectivity index (χ3v) is 3.98. The van der Waals surface area contributed by atoms with E-state index >= 15 is 0 Å². The van der Waals surface area contributed by atoms with Crippen molar-refractivity contribution in [3.05, 3.63) is 35.9 Å². The summed E-state index contributed by atoms with van der Waals surface area (Å²) in [6.07, 6.45) is 13.4. The molecule has 0 amide bonds. The lowest BCUT2D eigenvalue weighted by molar-refractivity contribution is -0.145. The molecule has 1 rings (SSSR count). The van der Waals surface area contributed by atoms with Gasteiger partial charge in [0, 0.05) is 6.42 Å². The quantitative estimate of drug-likeness (QED) is 0.328. The molecule has 22 heavy (non-hydrogen) atoms. The number of carbonyl (C=O) groups is 1. The summed E-state index contributed by atoms with van der Waals surface area (Å²) in [6, 6.07) is 9.85. The van der Waals surface area contributed by atoms with Gasteiger partial charge in [0.25, 0.3) is 0 Å². The van der Waals surface area contributed by atoms with Crippen LogP contribution in [0.3, 0.4) is 0 Å². The fraction of sp³-hybridized carbons (Fsp3) is 0.650. The molecular weight excluding hydrogens is 272 g/mol. The van der Waals surface area contributed by atoms with E-state index in [9.17, 15) is 4.79 Å². The minimum Gasteiger partial charge on any atom is -0.461 e. The van der Waals surface area contributed by atoms with Crippen LogP contribution in [0.5, 0.6) is 0 Å². The summed E-state index contributed by atoms with van der Waals surface area (Å²) in [5.74, 6) is -0.0663. The second-order valence-corrected chi connectivity index (χ2v) is 6.08. The maximum absolute atomic E-state index is 11.6. The number of carbonyl (C=O) groups excluding carboxylic acids is 1. The van der Waals surface area contributed by atoms with E-state index in [0.29, 0.717) is 13.0 Å². The highest BCUT2D eigenvalue weighted by atomic mass is 16.5. The molecule has 0 saturated carbocycles. The second kappa shape index (κ2) is 13.4. The summed E-state index contributed by atoms with van der Waals surface area (Å²) in [5.41, 5.74) is 1.05. The maximum atomic E-state index is 11.6. The first-order valence-corrected chi connectivity index (χ1v) is 9.02. The lowest BCUT2D eigenvalue weighted by atomic mass is 10.1. The Morgan fingerprint density at radius 3 is 1.95 bits per heavy atom. The molecular formula is C20H32O2. The summed E-state index contributed by atoms with van der Waals surface area (Å²) < 4.78 is 5.27. The fourth-order valence-electron chi connectivity index (χ4n) is 2.57. The third kappa shape index (κ3) is 10.4. The molecule has 0 aliphatic carbocycles. The van der Waals surface area contributed by atoms with E-state index in [-0.39, 0.29) is 5.97 Å². The van der Waals surface area contributed by atoms with Gasteiger partial charge in [-0.15, -0.1) is 0 Å². The molecule has 0 aliphatic rings. The highest BCUT2D eigenvalue weighted by Crippen LogP contribution is 2.11. The first-order chi connectivity index (χ1) is 10.8. The van der Waals surface area contributed by atoms with Crippen LogP contribution in [0.4, 0.5) is 0 Å². The maximum Gasteiger partial charge on any atom is 0.306 e. The van der Waals surface area contributed by atoms with Gasteiger partial charge in [-0.05, 0) is 12.0 Å². The molecule has 0 N–H and O–H groups in total. The van der Waals surface area contributed by atoms with Crippen molar-refractivity contribution in [1.29, 1.82) is 0 Å². The molecule has 124 valence electrons. The van der Waals surface area contributed by atoms with Crippen LogP contribution in [-0.2, 0) is 16.1 Å². The molecule has 0 fully saturated rings. The Morgan fingerprint density at radius 1 is 0.818 bits per heavy atom. The molecule has 0 radical (unpaired) electrons. The predicted molar refractivity (Wildman–Crippen MR) is 92.7 cm³/mol. The number of hydrogen-bond acceptors (Lipinski definition) is 2. The fourth-order valence-corrected chi connectivity index (χ4v) is 2.57. The van der Waals surface area contributed by atoms with Gasteiger partial charge in [-0.1, -0.05) is 95.0 Å². The van der Waals surface area contributed by atoms with Gasteiger partial charge < -0.3 is 4.74 Å². The van der Waals surface area contributed by atoms with Gasteiger partial charge in [-0.3, -0.25) is 4.79 Å². The summed E-state index contributed by atoms with van der Waals surface area (Å²) in [7, 11) is 0. The van der Waals surface area contributed by atoms with Crippen molar-refractivity contribution in [2.75, 3.05) is 0 Å². The Labute approximate surface area is 136 Å². The van der Waals surface area contributed by atoms with E-state index in [4.69, 9.17) is 4.74 Å². The molecule has 0 aliphatic heterocycles. The van der Waals surface area contributed by atoms with Crippen molar-refractivity contribution in [1.82, 2.24) is 0 Å². The summed E-state index contributed by atoms with van der Waals surface area (Å²) in [6.45, 7) is 2.66. The van der Waals surface area contributed by atoms with Gasteiger partial charge in [0.1, 0.15) is 6.61 Å². The van der Waals surface area contributed by atoms with Crippen LogP contribution in [0.2, 0.25) is 0 Å².